The van der Waals surface area contributed by atoms with Gasteiger partial charge in [0.1, 0.15) is 6.54 Å². The summed E-state index contributed by atoms with van der Waals surface area (Å²) in [5.41, 5.74) is 0.857. The molecule has 0 unspecified atom stereocenters. The van der Waals surface area contributed by atoms with E-state index in [0.29, 0.717) is 25.9 Å². The number of fused-ring (bicyclic) bond motifs is 1. The maximum Gasteiger partial charge on any atom is 0.325 e. The van der Waals surface area contributed by atoms with Crippen LogP contribution in [-0.2, 0) is 16.1 Å². The van der Waals surface area contributed by atoms with Gasteiger partial charge in [-0.2, -0.15) is 4.99 Å². The molecule has 0 radical (unpaired) electrons. The average molecular weight is 430 g/mol. The monoisotopic (exact) mass is 428 g/mol. The number of ether oxygens (including phenoxy) is 1. The number of carbonyl (C=O) groups is 2. The lowest BCUT2D eigenvalue weighted by Crippen LogP contribution is -2.22. The molecule has 0 spiro atoms. The van der Waals surface area contributed by atoms with Crippen molar-refractivity contribution < 1.29 is 14.3 Å². The molecule has 0 saturated heterocycles. The maximum absolute atomic E-state index is 12.5. The summed E-state index contributed by atoms with van der Waals surface area (Å²) in [4.78, 5) is 28.8. The number of halogens is 3. The smallest absolute Gasteiger partial charge is 0.325 e. The van der Waals surface area contributed by atoms with Gasteiger partial charge < -0.3 is 9.30 Å². The van der Waals surface area contributed by atoms with Gasteiger partial charge in [0.05, 0.1) is 27.4 Å². The van der Waals surface area contributed by atoms with Gasteiger partial charge in [0.2, 0.25) is 0 Å². The third kappa shape index (κ3) is 3.78. The van der Waals surface area contributed by atoms with Gasteiger partial charge in [-0.3, -0.25) is 9.59 Å². The summed E-state index contributed by atoms with van der Waals surface area (Å²) in [6.07, 6.45) is 0. The predicted octanol–water partition coefficient (Wildman–Crippen LogP) is 4.58. The molecule has 3 rings (SSSR count). The van der Waals surface area contributed by atoms with Crippen LogP contribution in [0.2, 0.25) is 15.1 Å². The van der Waals surface area contributed by atoms with E-state index in [4.69, 9.17) is 39.5 Å². The van der Waals surface area contributed by atoms with Crippen molar-refractivity contribution in [3.8, 4) is 0 Å². The second-order valence-corrected chi connectivity index (χ2v) is 7.41. The van der Waals surface area contributed by atoms with Crippen LogP contribution in [0.4, 0.5) is 0 Å². The Morgan fingerprint density at radius 2 is 1.96 bits per heavy atom. The second-order valence-electron chi connectivity index (χ2n) is 5.18. The van der Waals surface area contributed by atoms with Gasteiger partial charge in [-0.25, -0.2) is 0 Å². The minimum Gasteiger partial charge on any atom is -0.468 e. The number of hydrogen-bond donors (Lipinski definition) is 0. The largest absolute Gasteiger partial charge is 0.468 e. The van der Waals surface area contributed by atoms with Crippen LogP contribution >= 0.6 is 46.1 Å². The molecule has 1 amide bonds. The van der Waals surface area contributed by atoms with E-state index in [1.165, 1.54) is 29.1 Å². The molecule has 0 atom stereocenters. The molecule has 0 aliphatic heterocycles. The summed E-state index contributed by atoms with van der Waals surface area (Å²) in [6, 6.07) is 9.86. The van der Waals surface area contributed by atoms with Crippen molar-refractivity contribution in [3.63, 3.8) is 0 Å². The molecule has 1 aromatic heterocycles. The van der Waals surface area contributed by atoms with E-state index in [9.17, 15) is 9.59 Å². The molecule has 0 bridgehead atoms. The van der Waals surface area contributed by atoms with Crippen molar-refractivity contribution in [2.45, 2.75) is 6.54 Å². The Morgan fingerprint density at radius 1 is 1.19 bits per heavy atom. The number of carbonyl (C=O) groups excluding carboxylic acids is 2. The Hall–Kier alpha value is -1.86. The first-order chi connectivity index (χ1) is 12.4. The molecule has 0 aliphatic carbocycles. The highest BCUT2D eigenvalue weighted by atomic mass is 35.5. The molecule has 0 saturated carbocycles. The number of hydrogen-bond acceptors (Lipinski definition) is 4. The van der Waals surface area contributed by atoms with Crippen LogP contribution in [0, 0.1) is 0 Å². The van der Waals surface area contributed by atoms with Crippen LogP contribution < -0.4 is 4.80 Å². The lowest BCUT2D eigenvalue weighted by atomic mass is 10.2. The van der Waals surface area contributed by atoms with Crippen molar-refractivity contribution in [2.75, 3.05) is 7.11 Å². The Kier molecular flexibility index (Phi) is 5.67. The zero-order chi connectivity index (χ0) is 18.8. The van der Waals surface area contributed by atoms with Gasteiger partial charge in [-0.05, 0) is 30.3 Å². The molecule has 2 aromatic carbocycles. The van der Waals surface area contributed by atoms with E-state index in [0.717, 1.165) is 4.70 Å². The van der Waals surface area contributed by atoms with E-state index >= 15 is 0 Å². The molecule has 9 heteroatoms. The van der Waals surface area contributed by atoms with E-state index in [-0.39, 0.29) is 11.6 Å². The van der Waals surface area contributed by atoms with Crippen molar-refractivity contribution in [1.29, 1.82) is 0 Å². The van der Waals surface area contributed by atoms with Gasteiger partial charge in [0, 0.05) is 10.6 Å². The number of esters is 1. The van der Waals surface area contributed by atoms with Crippen LogP contribution in [0.5, 0.6) is 0 Å². The normalized spacial score (nSPS) is 11.8. The Balaban J connectivity index is 2.21. The van der Waals surface area contributed by atoms with Gasteiger partial charge in [0.25, 0.3) is 5.91 Å². The molecule has 0 N–H and O–H groups in total. The van der Waals surface area contributed by atoms with Gasteiger partial charge in [-0.15, -0.1) is 0 Å². The van der Waals surface area contributed by atoms with Crippen molar-refractivity contribution in [3.05, 3.63) is 61.8 Å². The van der Waals surface area contributed by atoms with E-state index < -0.39 is 11.9 Å². The number of methoxy groups -OCH3 is 1. The molecule has 0 fully saturated rings. The Labute approximate surface area is 167 Å². The first-order valence-electron chi connectivity index (χ1n) is 7.29. The molecule has 1 heterocycles. The number of aromatic nitrogens is 1. The van der Waals surface area contributed by atoms with E-state index in [2.05, 4.69) is 4.99 Å². The Bertz CT molecular complexity index is 1090. The third-order valence-electron chi connectivity index (χ3n) is 3.52. The molecule has 134 valence electrons. The number of amides is 1. The zero-order valence-corrected chi connectivity index (χ0v) is 16.4. The maximum atomic E-state index is 12.5. The molecule has 3 aromatic rings. The summed E-state index contributed by atoms with van der Waals surface area (Å²) >= 11 is 19.5. The summed E-state index contributed by atoms with van der Waals surface area (Å²) in [6.45, 7) is -0.155. The molecule has 26 heavy (non-hydrogen) atoms. The topological polar surface area (TPSA) is 60.7 Å². The fourth-order valence-electron chi connectivity index (χ4n) is 2.30. The van der Waals surface area contributed by atoms with E-state index in [1.807, 2.05) is 0 Å². The summed E-state index contributed by atoms with van der Waals surface area (Å²) < 4.78 is 6.98. The van der Waals surface area contributed by atoms with Gasteiger partial charge in [-0.1, -0.05) is 52.2 Å². The first kappa shape index (κ1) is 18.9. The van der Waals surface area contributed by atoms with Crippen LogP contribution in [-0.4, -0.2) is 23.6 Å². The van der Waals surface area contributed by atoms with Gasteiger partial charge in [0.15, 0.2) is 4.80 Å². The van der Waals surface area contributed by atoms with E-state index in [1.54, 1.807) is 30.3 Å². The molecular weight excluding hydrogens is 419 g/mol. The number of nitrogens with zero attached hydrogens (tertiary/aromatic N) is 2. The predicted molar refractivity (Wildman–Crippen MR) is 103 cm³/mol. The zero-order valence-electron chi connectivity index (χ0n) is 13.3. The average Bonchev–Trinajstić information content (AvgIpc) is 2.96. The fourth-order valence-corrected chi connectivity index (χ4v) is 4.00. The Morgan fingerprint density at radius 3 is 2.65 bits per heavy atom. The lowest BCUT2D eigenvalue weighted by molar-refractivity contribution is -0.141. The molecule has 0 aliphatic rings. The number of thiazole rings is 1. The van der Waals surface area contributed by atoms with Crippen LogP contribution in [0.3, 0.4) is 0 Å². The standard InChI is InChI=1S/C17H11Cl3N2O3S/c1-25-13(23)8-22-15-12(6-5-11(19)14(15)20)26-17(22)21-16(24)9-3-2-4-10(18)7-9/h2-7H,8H2,1H3. The fraction of sp³-hybridized carbons (Fsp3) is 0.118. The van der Waals surface area contributed by atoms with Crippen LogP contribution in [0.15, 0.2) is 41.4 Å². The second kappa shape index (κ2) is 7.80. The summed E-state index contributed by atoms with van der Waals surface area (Å²) in [7, 11) is 1.28. The number of rotatable bonds is 3. The summed E-state index contributed by atoms with van der Waals surface area (Å²) in [5.74, 6) is -0.989. The number of benzene rings is 2. The SMILES string of the molecule is COC(=O)Cn1c(=NC(=O)c2cccc(Cl)c2)sc2ccc(Cl)c(Cl)c21. The minimum atomic E-state index is -0.502. The minimum absolute atomic E-state index is 0.155. The van der Waals surface area contributed by atoms with Crippen molar-refractivity contribution in [1.82, 2.24) is 4.57 Å². The van der Waals surface area contributed by atoms with Crippen LogP contribution in [0.25, 0.3) is 10.2 Å². The van der Waals surface area contributed by atoms with Crippen LogP contribution in [0.1, 0.15) is 10.4 Å². The molecular formula is C17H11Cl3N2O3S. The molecule has 5 nitrogen and oxygen atoms in total. The summed E-state index contributed by atoms with van der Waals surface area (Å²) in [5, 5.41) is 1.05. The van der Waals surface area contributed by atoms with Crippen molar-refractivity contribution >= 4 is 68.2 Å². The van der Waals surface area contributed by atoms with Gasteiger partial charge >= 0.3 is 5.97 Å². The first-order valence-corrected chi connectivity index (χ1v) is 9.24. The highest BCUT2D eigenvalue weighted by molar-refractivity contribution is 7.16. The van der Waals surface area contributed by atoms with Crippen molar-refractivity contribution in [2.24, 2.45) is 4.99 Å². The lowest BCUT2D eigenvalue weighted by Gasteiger charge is -2.06. The highest BCUT2D eigenvalue weighted by Gasteiger charge is 2.16. The highest BCUT2D eigenvalue weighted by Crippen LogP contribution is 2.32. The third-order valence-corrected chi connectivity index (χ3v) is 5.59. The quantitative estimate of drug-likeness (QED) is 0.573.